The highest BCUT2D eigenvalue weighted by Crippen LogP contribution is 2.37. The van der Waals surface area contributed by atoms with Crippen LogP contribution in [0.5, 0.6) is 0 Å². The van der Waals surface area contributed by atoms with Crippen LogP contribution < -0.4 is 5.73 Å². The zero-order chi connectivity index (χ0) is 14.7. The summed E-state index contributed by atoms with van der Waals surface area (Å²) in [5, 5.41) is 0. The minimum absolute atomic E-state index is 0.197. The number of amides is 1. The maximum atomic E-state index is 12.3. The van der Waals surface area contributed by atoms with E-state index in [1.165, 1.54) is 31.2 Å². The average molecular weight is 286 g/mol. The van der Waals surface area contributed by atoms with Gasteiger partial charge >= 0.3 is 0 Å². The summed E-state index contributed by atoms with van der Waals surface area (Å²) in [6, 6.07) is 11.0. The molecule has 2 fully saturated rings. The zero-order valence-electron chi connectivity index (χ0n) is 12.7. The Bertz CT molecular complexity index is 465. The fourth-order valence-electron chi connectivity index (χ4n) is 3.81. The van der Waals surface area contributed by atoms with Crippen molar-refractivity contribution in [1.29, 1.82) is 0 Å². The molecule has 3 rings (SSSR count). The summed E-state index contributed by atoms with van der Waals surface area (Å²) in [5.74, 6) is 1.60. The van der Waals surface area contributed by atoms with Crippen molar-refractivity contribution in [2.24, 2.45) is 11.7 Å². The minimum atomic E-state index is 0.197. The van der Waals surface area contributed by atoms with Crippen molar-refractivity contribution in [2.75, 3.05) is 13.1 Å². The average Bonchev–Trinajstić information content (AvgIpc) is 2.96. The predicted octanol–water partition coefficient (Wildman–Crippen LogP) is 2.91. The molecule has 114 valence electrons. The van der Waals surface area contributed by atoms with E-state index in [-0.39, 0.29) is 6.04 Å². The molecular formula is C18H26N2O. The Labute approximate surface area is 127 Å². The lowest BCUT2D eigenvalue weighted by Gasteiger charge is -2.29. The molecule has 1 saturated heterocycles. The molecule has 1 aliphatic carbocycles. The topological polar surface area (TPSA) is 46.3 Å². The second kappa shape index (κ2) is 6.61. The minimum Gasteiger partial charge on any atom is -0.341 e. The maximum Gasteiger partial charge on any atom is 0.222 e. The molecule has 1 heterocycles. The largest absolute Gasteiger partial charge is 0.341 e. The maximum absolute atomic E-state index is 12.3. The van der Waals surface area contributed by atoms with Crippen molar-refractivity contribution in [2.45, 2.75) is 50.5 Å². The zero-order valence-corrected chi connectivity index (χ0v) is 12.7. The van der Waals surface area contributed by atoms with Crippen LogP contribution in [0.4, 0.5) is 0 Å². The van der Waals surface area contributed by atoms with E-state index >= 15 is 0 Å². The molecule has 1 saturated carbocycles. The molecule has 1 aromatic carbocycles. The fraction of sp³-hybridized carbons (Fsp3) is 0.611. The van der Waals surface area contributed by atoms with Crippen LogP contribution in [-0.2, 0) is 4.79 Å². The molecule has 0 aromatic heterocycles. The van der Waals surface area contributed by atoms with Gasteiger partial charge in [0.15, 0.2) is 0 Å². The lowest BCUT2D eigenvalue weighted by molar-refractivity contribution is -0.131. The summed E-state index contributed by atoms with van der Waals surface area (Å²) in [6.07, 6.45) is 6.51. The number of hydrogen-bond donors (Lipinski definition) is 1. The van der Waals surface area contributed by atoms with Gasteiger partial charge in [-0.25, -0.2) is 0 Å². The number of carbonyl (C=O) groups excluding carboxylic acids is 1. The second-order valence-electron chi connectivity index (χ2n) is 6.72. The van der Waals surface area contributed by atoms with Crippen LogP contribution in [0.1, 0.15) is 50.0 Å². The molecule has 0 radical (unpaired) electrons. The van der Waals surface area contributed by atoms with E-state index in [4.69, 9.17) is 5.73 Å². The Balaban J connectivity index is 1.47. The molecule has 21 heavy (non-hydrogen) atoms. The van der Waals surface area contributed by atoms with Gasteiger partial charge in [-0.3, -0.25) is 4.79 Å². The Morgan fingerprint density at radius 3 is 2.43 bits per heavy atom. The van der Waals surface area contributed by atoms with Crippen LogP contribution in [0.15, 0.2) is 30.3 Å². The van der Waals surface area contributed by atoms with Crippen LogP contribution >= 0.6 is 0 Å². The molecule has 1 aliphatic heterocycles. The van der Waals surface area contributed by atoms with Gasteiger partial charge in [0.05, 0.1) is 0 Å². The Kier molecular flexibility index (Phi) is 4.59. The van der Waals surface area contributed by atoms with E-state index in [2.05, 4.69) is 30.3 Å². The van der Waals surface area contributed by atoms with E-state index in [1.54, 1.807) is 0 Å². The number of hydrogen-bond acceptors (Lipinski definition) is 2. The van der Waals surface area contributed by atoms with E-state index in [0.29, 0.717) is 17.7 Å². The summed E-state index contributed by atoms with van der Waals surface area (Å²) in [4.78, 5) is 14.2. The van der Waals surface area contributed by atoms with E-state index in [9.17, 15) is 4.79 Å². The molecule has 0 spiro atoms. The first-order valence-electron chi connectivity index (χ1n) is 8.30. The van der Waals surface area contributed by atoms with Crippen molar-refractivity contribution in [1.82, 2.24) is 4.90 Å². The van der Waals surface area contributed by atoms with E-state index in [0.717, 1.165) is 25.9 Å². The smallest absolute Gasteiger partial charge is 0.222 e. The number of nitrogens with two attached hydrogens (primary N) is 1. The second-order valence-corrected chi connectivity index (χ2v) is 6.72. The molecule has 0 unspecified atom stereocenters. The van der Waals surface area contributed by atoms with Crippen molar-refractivity contribution in [3.63, 3.8) is 0 Å². The van der Waals surface area contributed by atoms with Gasteiger partial charge in [-0.05, 0) is 49.5 Å². The number of carbonyl (C=O) groups is 1. The highest BCUT2D eigenvalue weighted by Gasteiger charge is 2.28. The lowest BCUT2D eigenvalue weighted by atomic mass is 9.77. The Morgan fingerprint density at radius 2 is 1.81 bits per heavy atom. The van der Waals surface area contributed by atoms with Crippen LogP contribution in [0.25, 0.3) is 0 Å². The van der Waals surface area contributed by atoms with Gasteiger partial charge in [-0.2, -0.15) is 0 Å². The standard InChI is InChI=1S/C18H26N2O/c19-17-10-11-20(13-17)18(21)12-14-6-8-16(9-7-14)15-4-2-1-3-5-15/h1-5,14,16-17H,6-13,19H2/t14?,16?,17-/m1/s1. The van der Waals surface area contributed by atoms with Crippen molar-refractivity contribution < 1.29 is 4.79 Å². The van der Waals surface area contributed by atoms with E-state index < -0.39 is 0 Å². The molecule has 3 nitrogen and oxygen atoms in total. The summed E-state index contributed by atoms with van der Waals surface area (Å²) in [5.41, 5.74) is 7.35. The number of likely N-dealkylation sites (tertiary alicyclic amines) is 1. The van der Waals surface area contributed by atoms with Crippen LogP contribution in [0.2, 0.25) is 0 Å². The van der Waals surface area contributed by atoms with Crippen LogP contribution in [-0.4, -0.2) is 29.9 Å². The molecule has 0 bridgehead atoms. The number of nitrogens with zero attached hydrogens (tertiary/aromatic N) is 1. The Hall–Kier alpha value is -1.35. The summed E-state index contributed by atoms with van der Waals surface area (Å²) < 4.78 is 0. The van der Waals surface area contributed by atoms with Crippen molar-refractivity contribution in [3.05, 3.63) is 35.9 Å². The molecular weight excluding hydrogens is 260 g/mol. The lowest BCUT2D eigenvalue weighted by Crippen LogP contribution is -2.33. The Morgan fingerprint density at radius 1 is 1.10 bits per heavy atom. The SMILES string of the molecule is N[C@@H]1CCN(C(=O)CC2CCC(c3ccccc3)CC2)C1. The van der Waals surface area contributed by atoms with Gasteiger partial charge < -0.3 is 10.6 Å². The van der Waals surface area contributed by atoms with Gasteiger partial charge in [0.25, 0.3) is 0 Å². The van der Waals surface area contributed by atoms with Crippen LogP contribution in [0, 0.1) is 5.92 Å². The number of benzene rings is 1. The third-order valence-corrected chi connectivity index (χ3v) is 5.16. The molecule has 2 aliphatic rings. The monoisotopic (exact) mass is 286 g/mol. The molecule has 3 heteroatoms. The summed E-state index contributed by atoms with van der Waals surface area (Å²) >= 11 is 0. The van der Waals surface area contributed by atoms with E-state index in [1.807, 2.05) is 4.90 Å². The molecule has 1 aromatic rings. The summed E-state index contributed by atoms with van der Waals surface area (Å²) in [6.45, 7) is 1.62. The van der Waals surface area contributed by atoms with Gasteiger partial charge in [0.1, 0.15) is 0 Å². The van der Waals surface area contributed by atoms with Gasteiger partial charge in [-0.15, -0.1) is 0 Å². The third kappa shape index (κ3) is 3.65. The number of rotatable bonds is 3. The van der Waals surface area contributed by atoms with Gasteiger partial charge in [0, 0.05) is 25.6 Å². The van der Waals surface area contributed by atoms with Crippen LogP contribution in [0.3, 0.4) is 0 Å². The fourth-order valence-corrected chi connectivity index (χ4v) is 3.81. The highest BCUT2D eigenvalue weighted by molar-refractivity contribution is 5.76. The third-order valence-electron chi connectivity index (χ3n) is 5.16. The first kappa shape index (κ1) is 14.6. The first-order chi connectivity index (χ1) is 10.2. The molecule has 1 amide bonds. The normalized spacial score (nSPS) is 29.6. The first-order valence-corrected chi connectivity index (χ1v) is 8.30. The van der Waals surface area contributed by atoms with Crippen molar-refractivity contribution in [3.8, 4) is 0 Å². The van der Waals surface area contributed by atoms with Crippen molar-refractivity contribution >= 4 is 5.91 Å². The van der Waals surface area contributed by atoms with Gasteiger partial charge in [0.2, 0.25) is 5.91 Å². The summed E-state index contributed by atoms with van der Waals surface area (Å²) in [7, 11) is 0. The molecule has 2 N–H and O–H groups in total. The predicted molar refractivity (Wildman–Crippen MR) is 84.9 cm³/mol. The quantitative estimate of drug-likeness (QED) is 0.928. The molecule has 1 atom stereocenters. The highest BCUT2D eigenvalue weighted by atomic mass is 16.2. The van der Waals surface area contributed by atoms with Gasteiger partial charge in [-0.1, -0.05) is 30.3 Å².